The summed E-state index contributed by atoms with van der Waals surface area (Å²) in [5.74, 6) is 0.514. The predicted octanol–water partition coefficient (Wildman–Crippen LogP) is 3.45. The van der Waals surface area contributed by atoms with Crippen molar-refractivity contribution in [3.05, 3.63) is 59.5 Å². The number of nitrogens with one attached hydrogen (secondary N) is 1. The molecule has 2 aromatic heterocycles. The molecule has 3 heterocycles. The molecular formula is C19H18N4O3S2. The van der Waals surface area contributed by atoms with E-state index >= 15 is 0 Å². The molecule has 0 spiro atoms. The Morgan fingerprint density at radius 1 is 1.25 bits per heavy atom. The average Bonchev–Trinajstić information content (AvgIpc) is 3.39. The molecule has 1 aromatic carbocycles. The van der Waals surface area contributed by atoms with Gasteiger partial charge in [-0.2, -0.15) is 0 Å². The van der Waals surface area contributed by atoms with Gasteiger partial charge in [0.1, 0.15) is 6.04 Å². The summed E-state index contributed by atoms with van der Waals surface area (Å²) in [6.07, 6.45) is 1.89. The fraction of sp³-hybridized carbons (Fsp3) is 0.263. The number of carbonyl (C=O) groups excluding carboxylic acids is 2. The molecule has 0 saturated heterocycles. The van der Waals surface area contributed by atoms with Crippen LogP contribution in [0.1, 0.15) is 28.6 Å². The van der Waals surface area contributed by atoms with Crippen LogP contribution in [0.15, 0.2) is 51.4 Å². The standard InChI is InChI=1S/C19H18N4O3S2/c1-2-27-19-22-21-18(28-19)20-16(24)14-10-12-6-3-4-7-13(12)11-23(14)17(25)15-8-5-9-26-15/h3-9,14H,2,10-11H2,1H3,(H,20,21,24)/t14-/m1/s1. The Labute approximate surface area is 170 Å². The van der Waals surface area contributed by atoms with Crippen LogP contribution in [0.5, 0.6) is 0 Å². The van der Waals surface area contributed by atoms with Crippen molar-refractivity contribution in [2.75, 3.05) is 11.1 Å². The minimum Gasteiger partial charge on any atom is -0.459 e. The van der Waals surface area contributed by atoms with Gasteiger partial charge in [0.05, 0.1) is 6.26 Å². The number of carbonyl (C=O) groups is 2. The lowest BCUT2D eigenvalue weighted by Gasteiger charge is -2.35. The van der Waals surface area contributed by atoms with E-state index in [-0.39, 0.29) is 17.6 Å². The highest BCUT2D eigenvalue weighted by molar-refractivity contribution is 8.01. The van der Waals surface area contributed by atoms with Gasteiger partial charge in [-0.25, -0.2) is 0 Å². The van der Waals surface area contributed by atoms with Gasteiger partial charge >= 0.3 is 0 Å². The van der Waals surface area contributed by atoms with Crippen molar-refractivity contribution in [3.63, 3.8) is 0 Å². The Morgan fingerprint density at radius 3 is 2.82 bits per heavy atom. The van der Waals surface area contributed by atoms with Crippen molar-refractivity contribution >= 4 is 40.0 Å². The Kier molecular flexibility index (Phi) is 5.45. The van der Waals surface area contributed by atoms with Gasteiger partial charge in [0, 0.05) is 13.0 Å². The Hall–Kier alpha value is -2.65. The summed E-state index contributed by atoms with van der Waals surface area (Å²) in [6.45, 7) is 2.38. The Bertz CT molecular complexity index is 987. The first-order chi connectivity index (χ1) is 13.7. The molecule has 0 radical (unpaired) electrons. The van der Waals surface area contributed by atoms with Crippen LogP contribution in [0.25, 0.3) is 0 Å². The number of nitrogens with zero attached hydrogens (tertiary/aromatic N) is 3. The van der Waals surface area contributed by atoms with Crippen molar-refractivity contribution in [2.45, 2.75) is 30.3 Å². The minimum absolute atomic E-state index is 0.217. The number of thioether (sulfide) groups is 1. The highest BCUT2D eigenvalue weighted by Gasteiger charge is 2.36. The molecule has 1 atom stereocenters. The van der Waals surface area contributed by atoms with Gasteiger partial charge in [-0.05, 0) is 29.0 Å². The second kappa shape index (κ2) is 8.15. The number of benzene rings is 1. The second-order valence-corrected chi connectivity index (χ2v) is 8.68. The van der Waals surface area contributed by atoms with Gasteiger partial charge < -0.3 is 9.32 Å². The normalized spacial score (nSPS) is 15.9. The molecule has 28 heavy (non-hydrogen) atoms. The molecule has 0 aliphatic carbocycles. The summed E-state index contributed by atoms with van der Waals surface area (Å²) in [4.78, 5) is 27.5. The van der Waals surface area contributed by atoms with Gasteiger partial charge in [0.2, 0.25) is 11.0 Å². The lowest BCUT2D eigenvalue weighted by atomic mass is 9.93. The van der Waals surface area contributed by atoms with E-state index in [0.29, 0.717) is 18.1 Å². The van der Waals surface area contributed by atoms with Crippen LogP contribution in [-0.4, -0.2) is 38.7 Å². The minimum atomic E-state index is -0.654. The first-order valence-corrected chi connectivity index (χ1v) is 10.6. The zero-order valence-corrected chi connectivity index (χ0v) is 16.8. The molecule has 144 valence electrons. The molecular weight excluding hydrogens is 396 g/mol. The molecule has 0 bridgehead atoms. The van der Waals surface area contributed by atoms with E-state index in [4.69, 9.17) is 4.42 Å². The number of amides is 2. The first-order valence-electron chi connectivity index (χ1n) is 8.84. The first kappa shape index (κ1) is 18.7. The monoisotopic (exact) mass is 414 g/mol. The number of hydrogen-bond acceptors (Lipinski definition) is 7. The summed E-state index contributed by atoms with van der Waals surface area (Å²) >= 11 is 2.90. The van der Waals surface area contributed by atoms with Gasteiger partial charge in [0.25, 0.3) is 5.91 Å². The van der Waals surface area contributed by atoms with Crippen molar-refractivity contribution in [3.8, 4) is 0 Å². The van der Waals surface area contributed by atoms with Crippen LogP contribution < -0.4 is 5.32 Å². The fourth-order valence-electron chi connectivity index (χ4n) is 3.14. The molecule has 2 amide bonds. The molecule has 3 aromatic rings. The van der Waals surface area contributed by atoms with E-state index in [2.05, 4.69) is 15.5 Å². The number of aromatic nitrogens is 2. The third-order valence-electron chi connectivity index (χ3n) is 4.45. The molecule has 0 fully saturated rings. The van der Waals surface area contributed by atoms with Crippen LogP contribution in [0.3, 0.4) is 0 Å². The molecule has 4 rings (SSSR count). The Balaban J connectivity index is 1.59. The summed E-state index contributed by atoms with van der Waals surface area (Å²) in [6, 6.07) is 10.5. The van der Waals surface area contributed by atoms with E-state index in [9.17, 15) is 9.59 Å². The Morgan fingerprint density at radius 2 is 2.07 bits per heavy atom. The van der Waals surface area contributed by atoms with Gasteiger partial charge in [-0.1, -0.05) is 54.3 Å². The summed E-state index contributed by atoms with van der Waals surface area (Å²) in [5, 5.41) is 11.3. The number of furan rings is 1. The van der Waals surface area contributed by atoms with E-state index < -0.39 is 6.04 Å². The van der Waals surface area contributed by atoms with E-state index in [0.717, 1.165) is 21.2 Å². The van der Waals surface area contributed by atoms with Crippen LogP contribution in [0.4, 0.5) is 5.13 Å². The summed E-state index contributed by atoms with van der Waals surface area (Å²) in [7, 11) is 0. The predicted molar refractivity (Wildman–Crippen MR) is 107 cm³/mol. The number of hydrogen-bond donors (Lipinski definition) is 1. The van der Waals surface area contributed by atoms with Crippen LogP contribution in [0, 0.1) is 0 Å². The smallest absolute Gasteiger partial charge is 0.290 e. The van der Waals surface area contributed by atoms with Crippen LogP contribution in [0.2, 0.25) is 0 Å². The van der Waals surface area contributed by atoms with Gasteiger partial charge in [0.15, 0.2) is 10.1 Å². The van der Waals surface area contributed by atoms with Crippen molar-refractivity contribution in [2.24, 2.45) is 0 Å². The van der Waals surface area contributed by atoms with Crippen LogP contribution in [-0.2, 0) is 17.8 Å². The van der Waals surface area contributed by atoms with E-state index in [1.165, 1.54) is 17.6 Å². The summed E-state index contributed by atoms with van der Waals surface area (Å²) < 4.78 is 6.07. The highest BCUT2D eigenvalue weighted by atomic mass is 32.2. The molecule has 7 nitrogen and oxygen atoms in total. The maximum Gasteiger partial charge on any atom is 0.290 e. The molecule has 1 aliphatic heterocycles. The number of fused-ring (bicyclic) bond motifs is 1. The third kappa shape index (κ3) is 3.81. The summed E-state index contributed by atoms with van der Waals surface area (Å²) in [5.41, 5.74) is 2.09. The largest absolute Gasteiger partial charge is 0.459 e. The van der Waals surface area contributed by atoms with Crippen LogP contribution >= 0.6 is 23.1 Å². The molecule has 1 N–H and O–H groups in total. The lowest BCUT2D eigenvalue weighted by Crippen LogP contribution is -2.50. The SMILES string of the molecule is CCSc1nnc(NC(=O)[C@H]2Cc3ccccc3CN2C(=O)c2ccco2)s1. The highest BCUT2D eigenvalue weighted by Crippen LogP contribution is 2.28. The maximum atomic E-state index is 13.0. The topological polar surface area (TPSA) is 88.3 Å². The van der Waals surface area contributed by atoms with E-state index in [1.54, 1.807) is 28.8 Å². The van der Waals surface area contributed by atoms with Gasteiger partial charge in [-0.3, -0.25) is 14.9 Å². The molecule has 1 aliphatic rings. The molecule has 0 saturated carbocycles. The quantitative estimate of drug-likeness (QED) is 0.508. The molecule has 9 heteroatoms. The van der Waals surface area contributed by atoms with E-state index in [1.807, 2.05) is 31.2 Å². The van der Waals surface area contributed by atoms with Crippen molar-refractivity contribution < 1.29 is 14.0 Å². The zero-order valence-electron chi connectivity index (χ0n) is 15.1. The fourth-order valence-corrected chi connectivity index (χ4v) is 4.80. The second-order valence-electron chi connectivity index (χ2n) is 6.19. The third-order valence-corrected chi connectivity index (χ3v) is 6.30. The molecule has 0 unspecified atom stereocenters. The lowest BCUT2D eigenvalue weighted by molar-refractivity contribution is -0.121. The average molecular weight is 415 g/mol. The maximum absolute atomic E-state index is 13.0. The van der Waals surface area contributed by atoms with Gasteiger partial charge in [-0.15, -0.1) is 10.2 Å². The van der Waals surface area contributed by atoms with Crippen molar-refractivity contribution in [1.29, 1.82) is 0 Å². The number of rotatable bonds is 5. The van der Waals surface area contributed by atoms with Crippen molar-refractivity contribution in [1.82, 2.24) is 15.1 Å². The zero-order chi connectivity index (χ0) is 19.5. The number of anilines is 1.